The summed E-state index contributed by atoms with van der Waals surface area (Å²) in [4.78, 5) is 9.27. The van der Waals surface area contributed by atoms with E-state index in [-0.39, 0.29) is 0 Å². The molecule has 0 unspecified atom stereocenters. The highest BCUT2D eigenvalue weighted by molar-refractivity contribution is 6.31. The lowest BCUT2D eigenvalue weighted by atomic mass is 10.1. The Bertz CT molecular complexity index is 790. The molecule has 0 amide bonds. The SMILES string of the molecule is CN=C(NCc1ccc(CN2CCCN(C)CC2)cc1)NCc1ccccc1Cl. The largest absolute Gasteiger partial charge is 0.352 e. The fourth-order valence-corrected chi connectivity index (χ4v) is 3.71. The molecule has 2 aromatic rings. The third kappa shape index (κ3) is 7.03. The van der Waals surface area contributed by atoms with Gasteiger partial charge in [0.1, 0.15) is 0 Å². The van der Waals surface area contributed by atoms with Crippen LogP contribution in [0.15, 0.2) is 53.5 Å². The summed E-state index contributed by atoms with van der Waals surface area (Å²) in [6.07, 6.45) is 1.25. The molecule has 0 aromatic heterocycles. The van der Waals surface area contributed by atoms with Crippen LogP contribution >= 0.6 is 11.6 Å². The first-order valence-electron chi connectivity index (χ1n) is 10.3. The van der Waals surface area contributed by atoms with E-state index in [9.17, 15) is 0 Å². The van der Waals surface area contributed by atoms with Crippen LogP contribution in [0.25, 0.3) is 0 Å². The highest BCUT2D eigenvalue weighted by Crippen LogP contribution is 2.14. The Morgan fingerprint density at radius 2 is 1.66 bits per heavy atom. The van der Waals surface area contributed by atoms with Crippen LogP contribution < -0.4 is 10.6 Å². The average molecular weight is 414 g/mol. The van der Waals surface area contributed by atoms with Crippen LogP contribution in [0.3, 0.4) is 0 Å². The molecule has 1 heterocycles. The van der Waals surface area contributed by atoms with Gasteiger partial charge in [0.25, 0.3) is 0 Å². The summed E-state index contributed by atoms with van der Waals surface area (Å²) in [6, 6.07) is 16.7. The second-order valence-corrected chi connectivity index (χ2v) is 8.03. The van der Waals surface area contributed by atoms with Gasteiger partial charge < -0.3 is 15.5 Å². The minimum Gasteiger partial charge on any atom is -0.352 e. The number of guanidine groups is 1. The number of nitrogens with one attached hydrogen (secondary N) is 2. The van der Waals surface area contributed by atoms with Crippen molar-refractivity contribution in [2.75, 3.05) is 40.3 Å². The number of hydrogen-bond acceptors (Lipinski definition) is 3. The summed E-state index contributed by atoms with van der Waals surface area (Å²) in [5.41, 5.74) is 3.67. The Morgan fingerprint density at radius 3 is 2.41 bits per heavy atom. The van der Waals surface area contributed by atoms with Crippen molar-refractivity contribution in [3.8, 4) is 0 Å². The van der Waals surface area contributed by atoms with Gasteiger partial charge in [0.05, 0.1) is 0 Å². The molecule has 0 aliphatic carbocycles. The van der Waals surface area contributed by atoms with Crippen molar-refractivity contribution >= 4 is 17.6 Å². The van der Waals surface area contributed by atoms with Crippen LogP contribution in [0.5, 0.6) is 0 Å². The highest BCUT2D eigenvalue weighted by Gasteiger charge is 2.12. The molecular formula is C23H32ClN5. The number of hydrogen-bond donors (Lipinski definition) is 2. The maximum Gasteiger partial charge on any atom is 0.191 e. The quantitative estimate of drug-likeness (QED) is 0.563. The summed E-state index contributed by atoms with van der Waals surface area (Å²) < 4.78 is 0. The Kier molecular flexibility index (Phi) is 8.35. The smallest absolute Gasteiger partial charge is 0.191 e. The molecule has 5 nitrogen and oxygen atoms in total. The van der Waals surface area contributed by atoms with E-state index in [1.54, 1.807) is 7.05 Å². The van der Waals surface area contributed by atoms with Gasteiger partial charge >= 0.3 is 0 Å². The van der Waals surface area contributed by atoms with E-state index in [0.29, 0.717) is 6.54 Å². The highest BCUT2D eigenvalue weighted by atomic mass is 35.5. The number of nitrogens with zero attached hydrogens (tertiary/aromatic N) is 3. The van der Waals surface area contributed by atoms with Gasteiger partial charge in [0, 0.05) is 44.8 Å². The summed E-state index contributed by atoms with van der Waals surface area (Å²) in [6.45, 7) is 7.09. The van der Waals surface area contributed by atoms with Crippen molar-refractivity contribution in [3.05, 3.63) is 70.2 Å². The average Bonchev–Trinajstić information content (AvgIpc) is 2.94. The Balaban J connectivity index is 1.45. The Morgan fingerprint density at radius 1 is 0.931 bits per heavy atom. The maximum absolute atomic E-state index is 6.22. The van der Waals surface area contributed by atoms with Gasteiger partial charge in [-0.05, 0) is 49.3 Å². The second-order valence-electron chi connectivity index (χ2n) is 7.62. The van der Waals surface area contributed by atoms with Crippen LogP contribution in [0.2, 0.25) is 5.02 Å². The van der Waals surface area contributed by atoms with Gasteiger partial charge in [-0.25, -0.2) is 0 Å². The van der Waals surface area contributed by atoms with Crippen molar-refractivity contribution in [1.29, 1.82) is 0 Å². The standard InChI is InChI=1S/C23H32ClN5/c1-25-23(27-17-21-6-3-4-7-22(21)24)26-16-19-8-10-20(11-9-19)18-29-13-5-12-28(2)14-15-29/h3-4,6-11H,5,12-18H2,1-2H3,(H2,25,26,27). The van der Waals surface area contributed by atoms with Crippen molar-refractivity contribution in [3.63, 3.8) is 0 Å². The number of rotatable bonds is 6. The van der Waals surface area contributed by atoms with E-state index in [1.807, 2.05) is 24.3 Å². The molecule has 29 heavy (non-hydrogen) atoms. The second kappa shape index (κ2) is 11.2. The topological polar surface area (TPSA) is 42.9 Å². The van der Waals surface area contributed by atoms with E-state index in [2.05, 4.69) is 56.7 Å². The summed E-state index contributed by atoms with van der Waals surface area (Å²) in [5, 5.41) is 7.45. The van der Waals surface area contributed by atoms with Gasteiger partial charge in [0.2, 0.25) is 0 Å². The van der Waals surface area contributed by atoms with Crippen LogP contribution in [0, 0.1) is 0 Å². The van der Waals surface area contributed by atoms with E-state index in [1.165, 1.54) is 30.6 Å². The number of benzene rings is 2. The molecule has 0 atom stereocenters. The first-order valence-corrected chi connectivity index (χ1v) is 10.7. The van der Waals surface area contributed by atoms with E-state index < -0.39 is 0 Å². The van der Waals surface area contributed by atoms with Gasteiger partial charge in [-0.3, -0.25) is 9.89 Å². The van der Waals surface area contributed by atoms with Gasteiger partial charge in [-0.1, -0.05) is 54.1 Å². The molecule has 1 aliphatic rings. The summed E-state index contributed by atoms with van der Waals surface area (Å²) in [7, 11) is 3.99. The summed E-state index contributed by atoms with van der Waals surface area (Å²) in [5.74, 6) is 0.766. The van der Waals surface area contributed by atoms with E-state index in [4.69, 9.17) is 11.6 Å². The zero-order chi connectivity index (χ0) is 20.5. The van der Waals surface area contributed by atoms with Crippen molar-refractivity contribution in [2.45, 2.75) is 26.1 Å². The molecule has 3 rings (SSSR count). The molecule has 0 radical (unpaired) electrons. The Hall–Kier alpha value is -2.08. The Labute approximate surface area is 179 Å². The first-order chi connectivity index (χ1) is 14.1. The molecule has 6 heteroatoms. The predicted molar refractivity (Wildman–Crippen MR) is 122 cm³/mol. The molecule has 0 spiro atoms. The van der Waals surface area contributed by atoms with Crippen LogP contribution in [0.1, 0.15) is 23.1 Å². The van der Waals surface area contributed by atoms with Gasteiger partial charge in [0.15, 0.2) is 5.96 Å². The van der Waals surface area contributed by atoms with Crippen molar-refractivity contribution in [1.82, 2.24) is 20.4 Å². The number of halogens is 1. The minimum atomic E-state index is 0.642. The van der Waals surface area contributed by atoms with Crippen molar-refractivity contribution < 1.29 is 0 Å². The van der Waals surface area contributed by atoms with Crippen molar-refractivity contribution in [2.24, 2.45) is 4.99 Å². The molecule has 0 bridgehead atoms. The molecule has 0 saturated carbocycles. The minimum absolute atomic E-state index is 0.642. The third-order valence-corrected chi connectivity index (χ3v) is 5.70. The normalized spacial score (nSPS) is 16.4. The number of likely N-dealkylation sites (N-methyl/N-ethyl adjacent to an activating group) is 1. The molecular weight excluding hydrogens is 382 g/mol. The fourth-order valence-electron chi connectivity index (χ4n) is 3.51. The summed E-state index contributed by atoms with van der Waals surface area (Å²) >= 11 is 6.22. The molecule has 1 aliphatic heterocycles. The maximum atomic E-state index is 6.22. The lowest BCUT2D eigenvalue weighted by molar-refractivity contribution is 0.269. The van der Waals surface area contributed by atoms with Gasteiger partial charge in [-0.2, -0.15) is 0 Å². The van der Waals surface area contributed by atoms with Gasteiger partial charge in [-0.15, -0.1) is 0 Å². The lowest BCUT2D eigenvalue weighted by Crippen LogP contribution is -2.36. The zero-order valence-electron chi connectivity index (χ0n) is 17.5. The van der Waals surface area contributed by atoms with Crippen LogP contribution in [-0.2, 0) is 19.6 Å². The number of aliphatic imine (C=N–C) groups is 1. The monoisotopic (exact) mass is 413 g/mol. The first kappa shape index (κ1) is 21.6. The predicted octanol–water partition coefficient (Wildman–Crippen LogP) is 3.34. The molecule has 2 N–H and O–H groups in total. The van der Waals surface area contributed by atoms with Crippen LogP contribution in [-0.4, -0.2) is 56.0 Å². The van der Waals surface area contributed by atoms with E-state index >= 15 is 0 Å². The molecule has 156 valence electrons. The zero-order valence-corrected chi connectivity index (χ0v) is 18.3. The third-order valence-electron chi connectivity index (χ3n) is 5.33. The molecule has 1 saturated heterocycles. The molecule has 2 aromatic carbocycles. The van der Waals surface area contributed by atoms with Crippen LogP contribution in [0.4, 0.5) is 0 Å². The fraction of sp³-hybridized carbons (Fsp3) is 0.435. The molecule has 1 fully saturated rings. The van der Waals surface area contributed by atoms with E-state index in [0.717, 1.165) is 42.7 Å². The lowest BCUT2D eigenvalue weighted by Gasteiger charge is -2.20.